The lowest BCUT2D eigenvalue weighted by atomic mass is 10.1. The van der Waals surface area contributed by atoms with Gasteiger partial charge in [-0.1, -0.05) is 6.07 Å². The molecule has 114 valence electrons. The predicted octanol–water partition coefficient (Wildman–Crippen LogP) is 2.02. The van der Waals surface area contributed by atoms with E-state index in [-0.39, 0.29) is 0 Å². The molecule has 5 heteroatoms. The van der Waals surface area contributed by atoms with Crippen LogP contribution in [0.25, 0.3) is 0 Å². The highest BCUT2D eigenvalue weighted by molar-refractivity contribution is 5.80. The molecule has 21 heavy (non-hydrogen) atoms. The van der Waals surface area contributed by atoms with Crippen LogP contribution in [0.3, 0.4) is 0 Å². The molecule has 0 unspecified atom stereocenters. The molecule has 1 aromatic carbocycles. The van der Waals surface area contributed by atoms with Crippen molar-refractivity contribution < 1.29 is 9.47 Å². The van der Waals surface area contributed by atoms with Gasteiger partial charge in [0.2, 0.25) is 6.79 Å². The molecule has 1 fully saturated rings. The van der Waals surface area contributed by atoms with Crippen molar-refractivity contribution in [3.05, 3.63) is 23.8 Å². The molecule has 3 rings (SSSR count). The third-order valence-electron chi connectivity index (χ3n) is 3.84. The summed E-state index contributed by atoms with van der Waals surface area (Å²) in [6.45, 7) is 6.39. The van der Waals surface area contributed by atoms with Crippen LogP contribution in [0.4, 0.5) is 0 Å². The number of hydrogen-bond donors (Lipinski definition) is 1. The smallest absolute Gasteiger partial charge is 0.231 e. The zero-order valence-corrected chi connectivity index (χ0v) is 12.6. The maximum Gasteiger partial charge on any atom is 0.231 e. The Bertz CT molecular complexity index is 510. The quantitative estimate of drug-likeness (QED) is 0.680. The Kier molecular flexibility index (Phi) is 4.48. The number of guanidine groups is 1. The Morgan fingerprint density at radius 2 is 2.05 bits per heavy atom. The molecule has 0 aliphatic carbocycles. The van der Waals surface area contributed by atoms with E-state index in [1.54, 1.807) is 0 Å². The highest BCUT2D eigenvalue weighted by Crippen LogP contribution is 2.32. The van der Waals surface area contributed by atoms with Gasteiger partial charge in [-0.25, -0.2) is 0 Å². The third kappa shape index (κ3) is 3.40. The summed E-state index contributed by atoms with van der Waals surface area (Å²) >= 11 is 0. The first-order valence-electron chi connectivity index (χ1n) is 7.78. The number of ether oxygens (including phenoxy) is 2. The average molecular weight is 289 g/mol. The number of nitrogens with one attached hydrogen (secondary N) is 1. The van der Waals surface area contributed by atoms with Gasteiger partial charge < -0.3 is 19.7 Å². The van der Waals surface area contributed by atoms with Gasteiger partial charge in [0.05, 0.1) is 0 Å². The first-order chi connectivity index (χ1) is 10.4. The Hall–Kier alpha value is -1.91. The van der Waals surface area contributed by atoms with Gasteiger partial charge in [0.25, 0.3) is 0 Å². The Morgan fingerprint density at radius 3 is 2.86 bits per heavy atom. The molecule has 1 aromatic rings. The van der Waals surface area contributed by atoms with Crippen molar-refractivity contribution in [2.24, 2.45) is 4.99 Å². The largest absolute Gasteiger partial charge is 0.454 e. The number of likely N-dealkylation sites (tertiary alicyclic amines) is 1. The number of nitrogens with zero attached hydrogens (tertiary/aromatic N) is 2. The topological polar surface area (TPSA) is 46.1 Å². The molecule has 0 saturated carbocycles. The van der Waals surface area contributed by atoms with Crippen LogP contribution in [-0.2, 0) is 6.42 Å². The fourth-order valence-electron chi connectivity index (χ4n) is 2.74. The van der Waals surface area contributed by atoms with Crippen LogP contribution in [0, 0.1) is 0 Å². The summed E-state index contributed by atoms with van der Waals surface area (Å²) in [4.78, 5) is 7.09. The van der Waals surface area contributed by atoms with Crippen LogP contribution in [0.2, 0.25) is 0 Å². The Labute approximate surface area is 126 Å². The highest BCUT2D eigenvalue weighted by atomic mass is 16.7. The summed E-state index contributed by atoms with van der Waals surface area (Å²) in [7, 11) is 0. The monoisotopic (exact) mass is 289 g/mol. The van der Waals surface area contributed by atoms with E-state index in [0.717, 1.165) is 50.1 Å². The maximum atomic E-state index is 5.41. The fraction of sp³-hybridized carbons (Fsp3) is 0.562. The van der Waals surface area contributed by atoms with E-state index in [1.165, 1.54) is 18.4 Å². The summed E-state index contributed by atoms with van der Waals surface area (Å²) in [6.07, 6.45) is 3.46. The first kappa shape index (κ1) is 14.0. The van der Waals surface area contributed by atoms with E-state index in [0.29, 0.717) is 6.79 Å². The van der Waals surface area contributed by atoms with Gasteiger partial charge in [-0.15, -0.1) is 0 Å². The second kappa shape index (κ2) is 6.70. The van der Waals surface area contributed by atoms with Crippen molar-refractivity contribution in [3.8, 4) is 11.5 Å². The molecule has 1 saturated heterocycles. The number of benzene rings is 1. The second-order valence-corrected chi connectivity index (χ2v) is 5.37. The molecule has 2 heterocycles. The summed E-state index contributed by atoms with van der Waals surface area (Å²) < 4.78 is 10.7. The molecule has 1 N–H and O–H groups in total. The lowest BCUT2D eigenvalue weighted by Gasteiger charge is -2.20. The molecule has 0 radical (unpaired) electrons. The summed E-state index contributed by atoms with van der Waals surface area (Å²) in [5.74, 6) is 2.74. The van der Waals surface area contributed by atoms with E-state index in [2.05, 4.69) is 29.3 Å². The van der Waals surface area contributed by atoms with Crippen molar-refractivity contribution in [2.45, 2.75) is 26.2 Å². The fourth-order valence-corrected chi connectivity index (χ4v) is 2.74. The molecule has 0 bridgehead atoms. The second-order valence-electron chi connectivity index (χ2n) is 5.37. The van der Waals surface area contributed by atoms with Gasteiger partial charge in [-0.2, -0.15) is 0 Å². The van der Waals surface area contributed by atoms with Gasteiger partial charge in [0.15, 0.2) is 17.5 Å². The molecule has 0 spiro atoms. The molecule has 5 nitrogen and oxygen atoms in total. The Balaban J connectivity index is 1.59. The first-order valence-corrected chi connectivity index (χ1v) is 7.78. The molecule has 0 aromatic heterocycles. The minimum atomic E-state index is 0.330. The predicted molar refractivity (Wildman–Crippen MR) is 83.1 cm³/mol. The van der Waals surface area contributed by atoms with Gasteiger partial charge in [-0.05, 0) is 43.9 Å². The van der Waals surface area contributed by atoms with E-state index < -0.39 is 0 Å². The maximum absolute atomic E-state index is 5.41. The van der Waals surface area contributed by atoms with Crippen molar-refractivity contribution in [2.75, 3.05) is 33.0 Å². The third-order valence-corrected chi connectivity index (χ3v) is 3.84. The van der Waals surface area contributed by atoms with E-state index >= 15 is 0 Å². The number of fused-ring (bicyclic) bond motifs is 1. The Morgan fingerprint density at radius 1 is 1.24 bits per heavy atom. The van der Waals surface area contributed by atoms with Crippen molar-refractivity contribution in [1.29, 1.82) is 0 Å². The minimum Gasteiger partial charge on any atom is -0.454 e. The lowest BCUT2D eigenvalue weighted by Crippen LogP contribution is -2.39. The SMILES string of the molecule is CCNC(=NCCc1ccc2c(c1)OCO2)N1CCCC1. The van der Waals surface area contributed by atoms with Gasteiger partial charge >= 0.3 is 0 Å². The molecular formula is C16H23N3O2. The van der Waals surface area contributed by atoms with E-state index in [1.807, 2.05) is 6.07 Å². The minimum absolute atomic E-state index is 0.330. The molecule has 0 atom stereocenters. The summed E-state index contributed by atoms with van der Waals surface area (Å²) in [5.41, 5.74) is 1.24. The molecule has 0 amide bonds. The van der Waals surface area contributed by atoms with E-state index in [9.17, 15) is 0 Å². The molecule has 2 aliphatic heterocycles. The van der Waals surface area contributed by atoms with Crippen molar-refractivity contribution in [3.63, 3.8) is 0 Å². The van der Waals surface area contributed by atoms with Crippen LogP contribution in [0.15, 0.2) is 23.2 Å². The van der Waals surface area contributed by atoms with Gasteiger partial charge in [0, 0.05) is 26.2 Å². The molecule has 2 aliphatic rings. The lowest BCUT2D eigenvalue weighted by molar-refractivity contribution is 0.174. The van der Waals surface area contributed by atoms with E-state index in [4.69, 9.17) is 14.5 Å². The van der Waals surface area contributed by atoms with Crippen LogP contribution in [0.5, 0.6) is 11.5 Å². The van der Waals surface area contributed by atoms with Crippen LogP contribution in [-0.4, -0.2) is 43.8 Å². The van der Waals surface area contributed by atoms with Gasteiger partial charge in [0.1, 0.15) is 0 Å². The zero-order valence-electron chi connectivity index (χ0n) is 12.6. The van der Waals surface area contributed by atoms with Crippen LogP contribution < -0.4 is 14.8 Å². The van der Waals surface area contributed by atoms with Crippen LogP contribution >= 0.6 is 0 Å². The number of hydrogen-bond acceptors (Lipinski definition) is 3. The summed E-state index contributed by atoms with van der Waals surface area (Å²) in [5, 5.41) is 3.38. The highest BCUT2D eigenvalue weighted by Gasteiger charge is 2.15. The normalized spacial score (nSPS) is 17.4. The average Bonchev–Trinajstić information content (AvgIpc) is 3.17. The number of aliphatic imine (C=N–C) groups is 1. The molecular weight excluding hydrogens is 266 g/mol. The zero-order chi connectivity index (χ0) is 14.5. The standard InChI is InChI=1S/C16H23N3O2/c1-2-17-16(19-9-3-4-10-19)18-8-7-13-5-6-14-15(11-13)21-12-20-14/h5-6,11H,2-4,7-10,12H2,1H3,(H,17,18). The van der Waals surface area contributed by atoms with Crippen LogP contribution in [0.1, 0.15) is 25.3 Å². The van der Waals surface area contributed by atoms with Crippen molar-refractivity contribution >= 4 is 5.96 Å². The van der Waals surface area contributed by atoms with Gasteiger partial charge in [-0.3, -0.25) is 4.99 Å². The summed E-state index contributed by atoms with van der Waals surface area (Å²) in [6, 6.07) is 6.12. The van der Waals surface area contributed by atoms with Crippen molar-refractivity contribution in [1.82, 2.24) is 10.2 Å². The number of rotatable bonds is 4.